The molecule has 0 aliphatic carbocycles. The monoisotopic (exact) mass is 189 g/mol. The molecule has 0 atom stereocenters. The highest BCUT2D eigenvalue weighted by molar-refractivity contribution is 9.11. The predicted octanol–water partition coefficient (Wildman–Crippen LogP) is 1.99. The van der Waals surface area contributed by atoms with Gasteiger partial charge in [0.2, 0.25) is 0 Å². The van der Waals surface area contributed by atoms with Gasteiger partial charge in [0, 0.05) is 17.6 Å². The molecule has 0 saturated heterocycles. The molecule has 0 bridgehead atoms. The molecule has 1 nitrogen and oxygen atoms in total. The first-order chi connectivity index (χ1) is 4.20. The maximum atomic E-state index is 3.53. The van der Waals surface area contributed by atoms with E-state index >= 15 is 0 Å². The van der Waals surface area contributed by atoms with Crippen LogP contribution < -0.4 is 0 Å². The van der Waals surface area contributed by atoms with Crippen LogP contribution in [-0.4, -0.2) is 25.0 Å². The van der Waals surface area contributed by atoms with Crippen LogP contribution in [0, 0.1) is 0 Å². The Bertz CT molecular complexity index is 140. The summed E-state index contributed by atoms with van der Waals surface area (Å²) in [6, 6.07) is 0. The maximum Gasteiger partial charge on any atom is 0.0296 e. The predicted molar refractivity (Wildman–Crippen MR) is 43.7 cm³/mol. The van der Waals surface area contributed by atoms with E-state index in [0.717, 1.165) is 6.54 Å². The molecular formula is C7H12BrN. The Morgan fingerprint density at radius 3 is 2.67 bits per heavy atom. The van der Waals surface area contributed by atoms with Gasteiger partial charge in [0.25, 0.3) is 0 Å². The van der Waals surface area contributed by atoms with E-state index in [1.54, 1.807) is 0 Å². The molecule has 1 heterocycles. The third-order valence-corrected chi connectivity index (χ3v) is 2.67. The molecule has 0 aromatic carbocycles. The summed E-state index contributed by atoms with van der Waals surface area (Å²) in [7, 11) is 2.15. The van der Waals surface area contributed by atoms with Crippen molar-refractivity contribution in [1.82, 2.24) is 4.90 Å². The Kier molecular flexibility index (Phi) is 2.30. The molecule has 0 radical (unpaired) electrons. The first-order valence-corrected chi connectivity index (χ1v) is 4.02. The summed E-state index contributed by atoms with van der Waals surface area (Å²) in [5.74, 6) is 0. The van der Waals surface area contributed by atoms with Crippen LogP contribution >= 0.6 is 15.9 Å². The van der Waals surface area contributed by atoms with Crippen molar-refractivity contribution in [2.75, 3.05) is 20.1 Å². The van der Waals surface area contributed by atoms with Crippen LogP contribution in [0.25, 0.3) is 0 Å². The van der Waals surface area contributed by atoms with Crippen molar-refractivity contribution in [1.29, 1.82) is 0 Å². The minimum atomic E-state index is 1.09. The first kappa shape index (κ1) is 7.29. The van der Waals surface area contributed by atoms with Crippen molar-refractivity contribution in [2.45, 2.75) is 13.3 Å². The SMILES string of the molecule is CC1=C(Br)CN(C)CC1. The molecule has 0 aromatic heterocycles. The minimum Gasteiger partial charge on any atom is -0.301 e. The molecule has 9 heavy (non-hydrogen) atoms. The van der Waals surface area contributed by atoms with Gasteiger partial charge in [-0.15, -0.1) is 0 Å². The number of rotatable bonds is 0. The van der Waals surface area contributed by atoms with Crippen LogP contribution in [0.1, 0.15) is 13.3 Å². The highest BCUT2D eigenvalue weighted by Gasteiger charge is 2.09. The molecule has 52 valence electrons. The summed E-state index contributed by atoms with van der Waals surface area (Å²) in [6.07, 6.45) is 1.22. The van der Waals surface area contributed by atoms with Gasteiger partial charge < -0.3 is 4.90 Å². The summed E-state index contributed by atoms with van der Waals surface area (Å²) in [6.45, 7) is 4.49. The second kappa shape index (κ2) is 2.84. The molecule has 0 unspecified atom stereocenters. The van der Waals surface area contributed by atoms with Crippen molar-refractivity contribution >= 4 is 15.9 Å². The average Bonchev–Trinajstić information content (AvgIpc) is 1.80. The number of hydrogen-bond donors (Lipinski definition) is 0. The third-order valence-electron chi connectivity index (χ3n) is 1.74. The number of likely N-dealkylation sites (N-methyl/N-ethyl adjacent to an activating group) is 1. The van der Waals surface area contributed by atoms with E-state index in [2.05, 4.69) is 34.8 Å². The highest BCUT2D eigenvalue weighted by atomic mass is 79.9. The fourth-order valence-electron chi connectivity index (χ4n) is 0.945. The van der Waals surface area contributed by atoms with Gasteiger partial charge >= 0.3 is 0 Å². The maximum absolute atomic E-state index is 3.53. The third kappa shape index (κ3) is 1.80. The molecule has 0 fully saturated rings. The van der Waals surface area contributed by atoms with Crippen molar-refractivity contribution < 1.29 is 0 Å². The van der Waals surface area contributed by atoms with E-state index < -0.39 is 0 Å². The van der Waals surface area contributed by atoms with Gasteiger partial charge in [-0.05, 0) is 20.4 Å². The Morgan fingerprint density at radius 1 is 1.56 bits per heavy atom. The Labute approximate surface area is 64.9 Å². The van der Waals surface area contributed by atoms with E-state index in [1.165, 1.54) is 23.0 Å². The van der Waals surface area contributed by atoms with Gasteiger partial charge in [0.05, 0.1) is 0 Å². The average molecular weight is 190 g/mol. The largest absolute Gasteiger partial charge is 0.301 e. The zero-order valence-corrected chi connectivity index (χ0v) is 7.53. The Morgan fingerprint density at radius 2 is 2.22 bits per heavy atom. The van der Waals surface area contributed by atoms with Crippen LogP contribution in [0.5, 0.6) is 0 Å². The molecule has 0 N–H and O–H groups in total. The van der Waals surface area contributed by atoms with Gasteiger partial charge in [-0.25, -0.2) is 0 Å². The fraction of sp³-hybridized carbons (Fsp3) is 0.714. The van der Waals surface area contributed by atoms with E-state index in [1.807, 2.05) is 0 Å². The molecule has 1 aliphatic rings. The molecule has 1 rings (SSSR count). The summed E-state index contributed by atoms with van der Waals surface area (Å²) >= 11 is 3.53. The lowest BCUT2D eigenvalue weighted by Crippen LogP contribution is -2.25. The smallest absolute Gasteiger partial charge is 0.0296 e. The second-order valence-electron chi connectivity index (χ2n) is 2.67. The lowest BCUT2D eigenvalue weighted by molar-refractivity contribution is 0.357. The standard InChI is InChI=1S/C7H12BrN/c1-6-3-4-9(2)5-7(6)8/h3-5H2,1-2H3. The zero-order valence-electron chi connectivity index (χ0n) is 5.95. The van der Waals surface area contributed by atoms with Crippen LogP contribution in [0.3, 0.4) is 0 Å². The fourth-order valence-corrected chi connectivity index (χ4v) is 1.57. The molecule has 1 aliphatic heterocycles. The van der Waals surface area contributed by atoms with Crippen molar-refractivity contribution in [3.8, 4) is 0 Å². The summed E-state index contributed by atoms with van der Waals surface area (Å²) < 4.78 is 1.37. The van der Waals surface area contributed by atoms with E-state index in [0.29, 0.717) is 0 Å². The van der Waals surface area contributed by atoms with Crippen LogP contribution in [0.15, 0.2) is 10.1 Å². The molecule has 0 spiro atoms. The lowest BCUT2D eigenvalue weighted by Gasteiger charge is -2.22. The summed E-state index contributed by atoms with van der Waals surface area (Å²) in [4.78, 5) is 2.32. The van der Waals surface area contributed by atoms with Crippen LogP contribution in [-0.2, 0) is 0 Å². The van der Waals surface area contributed by atoms with Gasteiger partial charge in [0.15, 0.2) is 0 Å². The zero-order chi connectivity index (χ0) is 6.85. The van der Waals surface area contributed by atoms with Crippen molar-refractivity contribution in [3.05, 3.63) is 10.1 Å². The Balaban J connectivity index is 2.61. The van der Waals surface area contributed by atoms with Crippen molar-refractivity contribution in [3.63, 3.8) is 0 Å². The first-order valence-electron chi connectivity index (χ1n) is 3.23. The summed E-state index contributed by atoms with van der Waals surface area (Å²) in [5.41, 5.74) is 1.51. The van der Waals surface area contributed by atoms with Crippen molar-refractivity contribution in [2.24, 2.45) is 0 Å². The van der Waals surface area contributed by atoms with E-state index in [9.17, 15) is 0 Å². The second-order valence-corrected chi connectivity index (χ2v) is 3.63. The van der Waals surface area contributed by atoms with Gasteiger partial charge in [-0.2, -0.15) is 0 Å². The van der Waals surface area contributed by atoms with Gasteiger partial charge in [0.1, 0.15) is 0 Å². The molecule has 0 saturated carbocycles. The quantitative estimate of drug-likeness (QED) is 0.564. The van der Waals surface area contributed by atoms with Gasteiger partial charge in [-0.3, -0.25) is 0 Å². The Hall–Kier alpha value is 0.180. The van der Waals surface area contributed by atoms with E-state index in [-0.39, 0.29) is 0 Å². The number of halogens is 1. The lowest BCUT2D eigenvalue weighted by atomic mass is 10.1. The highest BCUT2D eigenvalue weighted by Crippen LogP contribution is 2.20. The van der Waals surface area contributed by atoms with Crippen LogP contribution in [0.4, 0.5) is 0 Å². The minimum absolute atomic E-state index is 1.09. The summed E-state index contributed by atoms with van der Waals surface area (Å²) in [5, 5.41) is 0. The number of nitrogens with zero attached hydrogens (tertiary/aromatic N) is 1. The molecule has 0 aromatic rings. The number of hydrogen-bond acceptors (Lipinski definition) is 1. The normalized spacial score (nSPS) is 23.0. The van der Waals surface area contributed by atoms with E-state index in [4.69, 9.17) is 0 Å². The topological polar surface area (TPSA) is 3.24 Å². The van der Waals surface area contributed by atoms with Gasteiger partial charge in [-0.1, -0.05) is 21.5 Å². The van der Waals surface area contributed by atoms with Crippen LogP contribution in [0.2, 0.25) is 0 Å². The molecule has 0 amide bonds. The molecular weight excluding hydrogens is 178 g/mol. The molecule has 2 heteroatoms.